The molecule has 6 heteroatoms. The van der Waals surface area contributed by atoms with Gasteiger partial charge in [0.05, 0.1) is 19.7 Å². The normalized spacial score (nSPS) is 10.6. The molecular formula is C18H18ClN3O2. The largest absolute Gasteiger partial charge is 0.493 e. The van der Waals surface area contributed by atoms with Crippen LogP contribution in [-0.4, -0.2) is 30.7 Å². The molecule has 0 spiro atoms. The van der Waals surface area contributed by atoms with Crippen LogP contribution in [-0.2, 0) is 6.42 Å². The molecular weight excluding hydrogens is 326 g/mol. The van der Waals surface area contributed by atoms with E-state index < -0.39 is 0 Å². The predicted molar refractivity (Wildman–Crippen MR) is 96.3 cm³/mol. The van der Waals surface area contributed by atoms with Crippen molar-refractivity contribution >= 4 is 28.3 Å². The number of benzene rings is 2. The number of methoxy groups -OCH3 is 2. The molecule has 0 unspecified atom stereocenters. The van der Waals surface area contributed by atoms with Crippen LogP contribution in [0.3, 0.4) is 0 Å². The van der Waals surface area contributed by atoms with Gasteiger partial charge in [-0.15, -0.1) is 0 Å². The summed E-state index contributed by atoms with van der Waals surface area (Å²) in [4.78, 5) is 8.57. The van der Waals surface area contributed by atoms with Crippen LogP contribution in [0.15, 0.2) is 42.7 Å². The van der Waals surface area contributed by atoms with Gasteiger partial charge in [0.2, 0.25) is 0 Å². The van der Waals surface area contributed by atoms with Crippen molar-refractivity contribution in [1.82, 2.24) is 9.97 Å². The third-order valence-corrected chi connectivity index (χ3v) is 3.99. The quantitative estimate of drug-likeness (QED) is 0.734. The number of rotatable bonds is 6. The first kappa shape index (κ1) is 16.3. The van der Waals surface area contributed by atoms with Crippen molar-refractivity contribution in [2.24, 2.45) is 0 Å². The second-order valence-electron chi connectivity index (χ2n) is 5.25. The van der Waals surface area contributed by atoms with E-state index in [0.29, 0.717) is 5.02 Å². The molecule has 0 atom stereocenters. The number of fused-ring (bicyclic) bond motifs is 1. The summed E-state index contributed by atoms with van der Waals surface area (Å²) in [6, 6.07) is 11.5. The lowest BCUT2D eigenvalue weighted by Gasteiger charge is -2.11. The number of hydrogen-bond donors (Lipinski definition) is 1. The number of halogens is 1. The van der Waals surface area contributed by atoms with Crippen molar-refractivity contribution < 1.29 is 9.47 Å². The molecule has 3 rings (SSSR count). The highest BCUT2D eigenvalue weighted by Crippen LogP contribution is 2.28. The summed E-state index contributed by atoms with van der Waals surface area (Å²) in [5.41, 5.74) is 2.01. The van der Waals surface area contributed by atoms with Gasteiger partial charge in [-0.2, -0.15) is 0 Å². The van der Waals surface area contributed by atoms with E-state index in [2.05, 4.69) is 15.3 Å². The Morgan fingerprint density at radius 1 is 1.00 bits per heavy atom. The second-order valence-corrected chi connectivity index (χ2v) is 5.69. The molecule has 1 heterocycles. The SMILES string of the molecule is COc1ccc(CCNc2ncnc3ccc(Cl)cc23)cc1OC. The molecule has 0 saturated carbocycles. The van der Waals surface area contributed by atoms with E-state index in [0.717, 1.165) is 46.7 Å². The molecule has 1 aromatic heterocycles. The summed E-state index contributed by atoms with van der Waals surface area (Å²) in [5, 5.41) is 4.93. The molecule has 0 aliphatic heterocycles. The molecule has 3 aromatic rings. The van der Waals surface area contributed by atoms with Crippen molar-refractivity contribution in [2.75, 3.05) is 26.1 Å². The Labute approximate surface area is 145 Å². The van der Waals surface area contributed by atoms with Crippen LogP contribution in [0.4, 0.5) is 5.82 Å². The van der Waals surface area contributed by atoms with E-state index in [1.807, 2.05) is 36.4 Å². The number of hydrogen-bond acceptors (Lipinski definition) is 5. The Morgan fingerprint density at radius 2 is 1.83 bits per heavy atom. The van der Waals surface area contributed by atoms with E-state index in [9.17, 15) is 0 Å². The highest BCUT2D eigenvalue weighted by Gasteiger charge is 2.06. The van der Waals surface area contributed by atoms with Gasteiger partial charge in [0.15, 0.2) is 11.5 Å². The Balaban J connectivity index is 1.72. The molecule has 0 amide bonds. The van der Waals surface area contributed by atoms with Crippen molar-refractivity contribution in [2.45, 2.75) is 6.42 Å². The van der Waals surface area contributed by atoms with Crippen molar-refractivity contribution in [1.29, 1.82) is 0 Å². The van der Waals surface area contributed by atoms with E-state index in [1.165, 1.54) is 0 Å². The maximum Gasteiger partial charge on any atom is 0.160 e. The number of nitrogens with zero attached hydrogens (tertiary/aromatic N) is 2. The summed E-state index contributed by atoms with van der Waals surface area (Å²) >= 11 is 6.07. The van der Waals surface area contributed by atoms with E-state index >= 15 is 0 Å². The topological polar surface area (TPSA) is 56.3 Å². The van der Waals surface area contributed by atoms with Gasteiger partial charge in [-0.25, -0.2) is 9.97 Å². The second kappa shape index (κ2) is 7.36. The third-order valence-electron chi connectivity index (χ3n) is 3.75. The molecule has 0 bridgehead atoms. The smallest absolute Gasteiger partial charge is 0.160 e. The molecule has 0 fully saturated rings. The number of aromatic nitrogens is 2. The molecule has 0 aliphatic rings. The Hall–Kier alpha value is -2.53. The average molecular weight is 344 g/mol. The summed E-state index contributed by atoms with van der Waals surface area (Å²) in [6.45, 7) is 0.730. The minimum absolute atomic E-state index is 0.667. The van der Waals surface area contributed by atoms with Gasteiger partial charge in [0, 0.05) is 17.0 Å². The zero-order chi connectivity index (χ0) is 16.9. The van der Waals surface area contributed by atoms with Crippen LogP contribution in [0.2, 0.25) is 5.02 Å². The van der Waals surface area contributed by atoms with Crippen LogP contribution in [0.1, 0.15) is 5.56 Å². The Bertz CT molecular complexity index is 855. The standard InChI is InChI=1S/C18H18ClN3O2/c1-23-16-6-3-12(9-17(16)24-2)7-8-20-18-14-10-13(19)4-5-15(14)21-11-22-18/h3-6,9-11H,7-8H2,1-2H3,(H,20,21,22). The molecule has 124 valence electrons. The molecule has 2 aromatic carbocycles. The van der Waals surface area contributed by atoms with Crippen molar-refractivity contribution in [3.63, 3.8) is 0 Å². The van der Waals surface area contributed by atoms with Gasteiger partial charge in [0.1, 0.15) is 12.1 Å². The van der Waals surface area contributed by atoms with E-state index in [-0.39, 0.29) is 0 Å². The van der Waals surface area contributed by atoms with Gasteiger partial charge >= 0.3 is 0 Å². The van der Waals surface area contributed by atoms with Gasteiger partial charge in [0.25, 0.3) is 0 Å². The molecule has 24 heavy (non-hydrogen) atoms. The first-order valence-electron chi connectivity index (χ1n) is 7.56. The number of nitrogens with one attached hydrogen (secondary N) is 1. The van der Waals surface area contributed by atoms with Crippen LogP contribution in [0, 0.1) is 0 Å². The van der Waals surface area contributed by atoms with Gasteiger partial charge < -0.3 is 14.8 Å². The van der Waals surface area contributed by atoms with Gasteiger partial charge in [-0.05, 0) is 42.3 Å². The summed E-state index contributed by atoms with van der Waals surface area (Å²) < 4.78 is 10.6. The molecule has 0 radical (unpaired) electrons. The number of ether oxygens (including phenoxy) is 2. The summed E-state index contributed by atoms with van der Waals surface area (Å²) in [5.74, 6) is 2.24. The molecule has 5 nitrogen and oxygen atoms in total. The first-order chi connectivity index (χ1) is 11.7. The van der Waals surface area contributed by atoms with Crippen LogP contribution in [0.25, 0.3) is 10.9 Å². The maximum absolute atomic E-state index is 6.07. The van der Waals surface area contributed by atoms with Gasteiger partial charge in [-0.3, -0.25) is 0 Å². The zero-order valence-corrected chi connectivity index (χ0v) is 14.3. The fraction of sp³-hybridized carbons (Fsp3) is 0.222. The fourth-order valence-electron chi connectivity index (χ4n) is 2.53. The van der Waals surface area contributed by atoms with Crippen LogP contribution < -0.4 is 14.8 Å². The highest BCUT2D eigenvalue weighted by atomic mass is 35.5. The molecule has 0 saturated heterocycles. The first-order valence-corrected chi connectivity index (χ1v) is 7.94. The third kappa shape index (κ3) is 3.51. The zero-order valence-electron chi connectivity index (χ0n) is 13.5. The van der Waals surface area contributed by atoms with Crippen molar-refractivity contribution in [3.8, 4) is 11.5 Å². The fourth-order valence-corrected chi connectivity index (χ4v) is 2.70. The van der Waals surface area contributed by atoms with E-state index in [1.54, 1.807) is 20.5 Å². The van der Waals surface area contributed by atoms with Gasteiger partial charge in [-0.1, -0.05) is 17.7 Å². The lowest BCUT2D eigenvalue weighted by atomic mass is 10.1. The Morgan fingerprint density at radius 3 is 2.62 bits per heavy atom. The minimum atomic E-state index is 0.667. The molecule has 1 N–H and O–H groups in total. The van der Waals surface area contributed by atoms with Crippen LogP contribution >= 0.6 is 11.6 Å². The summed E-state index contributed by atoms with van der Waals surface area (Å²) in [6.07, 6.45) is 2.38. The highest BCUT2D eigenvalue weighted by molar-refractivity contribution is 6.31. The lowest BCUT2D eigenvalue weighted by molar-refractivity contribution is 0.354. The average Bonchev–Trinajstić information content (AvgIpc) is 2.62. The monoisotopic (exact) mass is 343 g/mol. The van der Waals surface area contributed by atoms with Crippen molar-refractivity contribution in [3.05, 3.63) is 53.3 Å². The minimum Gasteiger partial charge on any atom is -0.493 e. The van der Waals surface area contributed by atoms with Crippen LogP contribution in [0.5, 0.6) is 11.5 Å². The number of anilines is 1. The lowest BCUT2D eigenvalue weighted by Crippen LogP contribution is -2.07. The summed E-state index contributed by atoms with van der Waals surface area (Å²) in [7, 11) is 3.26. The van der Waals surface area contributed by atoms with E-state index in [4.69, 9.17) is 21.1 Å². The maximum atomic E-state index is 6.07. The Kier molecular flexibility index (Phi) is 5.01. The molecule has 0 aliphatic carbocycles. The predicted octanol–water partition coefficient (Wildman–Crippen LogP) is 3.96.